The third-order valence-electron chi connectivity index (χ3n) is 1.50. The quantitative estimate of drug-likeness (QED) is 0.359. The van der Waals surface area contributed by atoms with Crippen LogP contribution in [0.15, 0.2) is 24.3 Å². The normalized spacial score (nSPS) is 8.77. The van der Waals surface area contributed by atoms with E-state index < -0.39 is 0 Å². The van der Waals surface area contributed by atoms with Gasteiger partial charge >= 0.3 is 0 Å². The molecule has 1 rings (SSSR count). The molecule has 0 aliphatic heterocycles. The summed E-state index contributed by atoms with van der Waals surface area (Å²) in [5, 5.41) is 0.919. The van der Waals surface area contributed by atoms with Gasteiger partial charge in [0.05, 0.1) is 0 Å². The van der Waals surface area contributed by atoms with E-state index in [1.165, 1.54) is 0 Å². The van der Waals surface area contributed by atoms with Crippen LogP contribution in [0.3, 0.4) is 0 Å². The molecule has 0 amide bonds. The maximum absolute atomic E-state index is 5.23. The molecule has 0 bridgehead atoms. The van der Waals surface area contributed by atoms with E-state index >= 15 is 0 Å². The van der Waals surface area contributed by atoms with Gasteiger partial charge in [0.2, 0.25) is 0 Å². The summed E-state index contributed by atoms with van der Waals surface area (Å²) in [6.45, 7) is 0. The fourth-order valence-electron chi connectivity index (χ4n) is 0.862. The van der Waals surface area contributed by atoms with Crippen LogP contribution in [0.1, 0.15) is 12.0 Å². The van der Waals surface area contributed by atoms with E-state index in [2.05, 4.69) is 33.2 Å². The molecule has 0 spiro atoms. The average molecular weight is 239 g/mol. The zero-order valence-electron chi connectivity index (χ0n) is 7.18. The fourth-order valence-corrected chi connectivity index (χ4v) is 1.06. The molecule has 1 aromatic carbocycles. The Bertz CT molecular complexity index is 308. The lowest BCUT2D eigenvalue weighted by Crippen LogP contribution is -2.05. The Morgan fingerprint density at radius 3 is 2.54 bits per heavy atom. The van der Waals surface area contributed by atoms with E-state index in [9.17, 15) is 0 Å². The molecule has 0 atom stereocenters. The van der Waals surface area contributed by atoms with E-state index in [-0.39, 0.29) is 0 Å². The lowest BCUT2D eigenvalue weighted by molar-refractivity contribution is 1.32. The lowest BCUT2D eigenvalue weighted by atomic mass is 10.2. The van der Waals surface area contributed by atoms with E-state index in [0.29, 0.717) is 0 Å². The maximum atomic E-state index is 5.23. The van der Waals surface area contributed by atoms with Crippen LogP contribution in [0.4, 0.5) is 5.69 Å². The fraction of sp³-hybridized carbons (Fsp3) is 0.200. The molecule has 0 saturated carbocycles. The van der Waals surface area contributed by atoms with Gasteiger partial charge in [0.25, 0.3) is 0 Å². The zero-order valence-corrected chi connectivity index (χ0v) is 8.76. The average Bonchev–Trinajstić information content (AvgIpc) is 2.19. The van der Waals surface area contributed by atoms with Crippen molar-refractivity contribution in [3.63, 3.8) is 0 Å². The van der Waals surface area contributed by atoms with Gasteiger partial charge in [-0.05, 0) is 24.3 Å². The molecule has 3 N–H and O–H groups in total. The van der Waals surface area contributed by atoms with Gasteiger partial charge < -0.3 is 5.43 Å². The first-order valence-electron chi connectivity index (χ1n) is 3.98. The second kappa shape index (κ2) is 5.63. The Kier molecular flexibility index (Phi) is 4.37. The number of alkyl halides is 1. The number of anilines is 1. The Morgan fingerprint density at radius 2 is 2.00 bits per heavy atom. The molecule has 1 aromatic rings. The summed E-state index contributed by atoms with van der Waals surface area (Å²) in [6.07, 6.45) is 0.872. The van der Waals surface area contributed by atoms with Crippen molar-refractivity contribution in [2.45, 2.75) is 6.42 Å². The van der Waals surface area contributed by atoms with Crippen LogP contribution in [0.2, 0.25) is 0 Å². The van der Waals surface area contributed by atoms with Crippen molar-refractivity contribution < 1.29 is 0 Å². The Hall–Kier alpha value is -0.980. The largest absolute Gasteiger partial charge is 0.324 e. The van der Waals surface area contributed by atoms with Crippen LogP contribution >= 0.6 is 15.9 Å². The second-order valence-corrected chi connectivity index (χ2v) is 3.26. The standard InChI is InChI=1S/C10H11BrN2/c11-8-2-1-3-9-4-6-10(13-12)7-5-9/h4-7,13H,2,8,12H2. The summed E-state index contributed by atoms with van der Waals surface area (Å²) in [4.78, 5) is 0. The summed E-state index contributed by atoms with van der Waals surface area (Å²) in [5.74, 6) is 11.3. The molecule has 0 radical (unpaired) electrons. The molecule has 0 unspecified atom stereocenters. The summed E-state index contributed by atoms with van der Waals surface area (Å²) in [6, 6.07) is 7.68. The molecule has 0 aliphatic rings. The molecule has 68 valence electrons. The van der Waals surface area contributed by atoms with Gasteiger partial charge in [0.1, 0.15) is 0 Å². The molecule has 0 heterocycles. The van der Waals surface area contributed by atoms with Crippen molar-refractivity contribution in [3.05, 3.63) is 29.8 Å². The minimum absolute atomic E-state index is 0.872. The van der Waals surface area contributed by atoms with Gasteiger partial charge in [-0.15, -0.1) is 0 Å². The highest BCUT2D eigenvalue weighted by Crippen LogP contribution is 2.06. The van der Waals surface area contributed by atoms with E-state index in [4.69, 9.17) is 5.84 Å². The van der Waals surface area contributed by atoms with Gasteiger partial charge in [0.15, 0.2) is 0 Å². The molecular weight excluding hydrogens is 228 g/mol. The number of hydrazine groups is 1. The first-order chi connectivity index (χ1) is 6.36. The number of benzene rings is 1. The van der Waals surface area contributed by atoms with Crippen molar-refractivity contribution >= 4 is 21.6 Å². The van der Waals surface area contributed by atoms with Gasteiger partial charge in [-0.3, -0.25) is 5.84 Å². The van der Waals surface area contributed by atoms with Gasteiger partial charge in [-0.2, -0.15) is 0 Å². The Labute approximate surface area is 86.6 Å². The van der Waals surface area contributed by atoms with Crippen LogP contribution < -0.4 is 11.3 Å². The van der Waals surface area contributed by atoms with Crippen LogP contribution in [-0.2, 0) is 0 Å². The van der Waals surface area contributed by atoms with Crippen molar-refractivity contribution in [1.82, 2.24) is 0 Å². The predicted molar refractivity (Wildman–Crippen MR) is 59.5 cm³/mol. The predicted octanol–water partition coefficient (Wildman–Crippen LogP) is 2.11. The third-order valence-corrected chi connectivity index (χ3v) is 1.90. The van der Waals surface area contributed by atoms with Crippen molar-refractivity contribution in [3.8, 4) is 11.8 Å². The second-order valence-electron chi connectivity index (χ2n) is 2.46. The first-order valence-corrected chi connectivity index (χ1v) is 5.10. The molecule has 0 aromatic heterocycles. The number of hydrogen-bond acceptors (Lipinski definition) is 2. The van der Waals surface area contributed by atoms with Crippen LogP contribution in [0.5, 0.6) is 0 Å². The number of nitrogen functional groups attached to an aromatic ring is 1. The summed E-state index contributed by atoms with van der Waals surface area (Å²) in [7, 11) is 0. The van der Waals surface area contributed by atoms with E-state index in [0.717, 1.165) is 23.0 Å². The SMILES string of the molecule is NNc1ccc(C#CCCBr)cc1. The Morgan fingerprint density at radius 1 is 1.31 bits per heavy atom. The van der Waals surface area contributed by atoms with Crippen LogP contribution in [0, 0.1) is 11.8 Å². The number of halogens is 1. The van der Waals surface area contributed by atoms with Crippen molar-refractivity contribution in [2.75, 3.05) is 10.8 Å². The number of rotatable bonds is 2. The number of hydrogen-bond donors (Lipinski definition) is 2. The highest BCUT2D eigenvalue weighted by Gasteiger charge is 1.87. The highest BCUT2D eigenvalue weighted by atomic mass is 79.9. The molecule has 0 aliphatic carbocycles. The minimum Gasteiger partial charge on any atom is -0.324 e. The summed E-state index contributed by atoms with van der Waals surface area (Å²) in [5.41, 5.74) is 4.47. The first kappa shape index (κ1) is 10.1. The summed E-state index contributed by atoms with van der Waals surface area (Å²) < 4.78 is 0. The molecule has 3 heteroatoms. The van der Waals surface area contributed by atoms with Gasteiger partial charge in [-0.25, -0.2) is 0 Å². The van der Waals surface area contributed by atoms with Crippen LogP contribution in [0.25, 0.3) is 0 Å². The topological polar surface area (TPSA) is 38.0 Å². The molecule has 13 heavy (non-hydrogen) atoms. The Balaban J connectivity index is 2.65. The minimum atomic E-state index is 0.872. The van der Waals surface area contributed by atoms with E-state index in [1.54, 1.807) is 0 Å². The van der Waals surface area contributed by atoms with Gasteiger partial charge in [0, 0.05) is 23.0 Å². The summed E-state index contributed by atoms with van der Waals surface area (Å²) >= 11 is 3.32. The zero-order chi connectivity index (χ0) is 9.52. The van der Waals surface area contributed by atoms with E-state index in [1.807, 2.05) is 24.3 Å². The van der Waals surface area contributed by atoms with Crippen molar-refractivity contribution in [1.29, 1.82) is 0 Å². The number of nitrogens with two attached hydrogens (primary N) is 1. The van der Waals surface area contributed by atoms with Crippen molar-refractivity contribution in [2.24, 2.45) is 5.84 Å². The van der Waals surface area contributed by atoms with Crippen LogP contribution in [-0.4, -0.2) is 5.33 Å². The third kappa shape index (κ3) is 3.49. The molecule has 0 fully saturated rings. The smallest absolute Gasteiger partial charge is 0.0485 e. The maximum Gasteiger partial charge on any atom is 0.0485 e. The lowest BCUT2D eigenvalue weighted by Gasteiger charge is -1.97. The molecular formula is C10H11BrN2. The van der Waals surface area contributed by atoms with Gasteiger partial charge in [-0.1, -0.05) is 27.8 Å². The highest BCUT2D eigenvalue weighted by molar-refractivity contribution is 9.09. The molecule has 2 nitrogen and oxygen atoms in total. The monoisotopic (exact) mass is 238 g/mol. The number of nitrogens with one attached hydrogen (secondary N) is 1. The molecule has 0 saturated heterocycles.